The summed E-state index contributed by atoms with van der Waals surface area (Å²) in [6.45, 7) is 0.164. The van der Waals surface area contributed by atoms with Crippen molar-refractivity contribution < 1.29 is 13.9 Å². The third-order valence-corrected chi connectivity index (χ3v) is 4.73. The Labute approximate surface area is 171 Å². The molecule has 0 saturated carbocycles. The van der Waals surface area contributed by atoms with Crippen LogP contribution in [0.15, 0.2) is 71.7 Å². The molecule has 0 aliphatic rings. The lowest BCUT2D eigenvalue weighted by Gasteiger charge is -2.07. The fraction of sp³-hybridized carbons (Fsp3) is 0.136. The highest BCUT2D eigenvalue weighted by atomic mass is 19.1. The zero-order valence-electron chi connectivity index (χ0n) is 16.2. The molecule has 0 fully saturated rings. The van der Waals surface area contributed by atoms with Crippen LogP contribution in [0.3, 0.4) is 0 Å². The van der Waals surface area contributed by atoms with Crippen molar-refractivity contribution in [3.05, 3.63) is 88.7 Å². The van der Waals surface area contributed by atoms with E-state index < -0.39 is 11.5 Å². The molecule has 8 heteroatoms. The summed E-state index contributed by atoms with van der Waals surface area (Å²) in [6.07, 6.45) is 1.57. The van der Waals surface area contributed by atoms with Crippen LogP contribution in [0.1, 0.15) is 5.56 Å². The van der Waals surface area contributed by atoms with Gasteiger partial charge >= 0.3 is 5.69 Å². The third kappa shape index (κ3) is 3.80. The number of carbonyl (C=O) groups excluding carboxylic acids is 1. The fourth-order valence-electron chi connectivity index (χ4n) is 3.21. The van der Waals surface area contributed by atoms with Crippen LogP contribution in [0.4, 0.5) is 4.39 Å². The second-order valence-corrected chi connectivity index (χ2v) is 6.65. The number of aromatic nitrogens is 3. The molecule has 0 bridgehead atoms. The number of pyridine rings is 1. The number of halogens is 1. The van der Waals surface area contributed by atoms with Crippen LogP contribution in [0.25, 0.3) is 16.9 Å². The average molecular weight is 406 g/mol. The summed E-state index contributed by atoms with van der Waals surface area (Å²) in [4.78, 5) is 29.9. The number of hydrogen-bond donors (Lipinski definition) is 1. The molecule has 1 N–H and O–H groups in total. The topological polar surface area (TPSA) is 78.1 Å². The minimum Gasteiger partial charge on any atom is -0.497 e. The van der Waals surface area contributed by atoms with Gasteiger partial charge in [0.1, 0.15) is 18.1 Å². The quantitative estimate of drug-likeness (QED) is 0.534. The van der Waals surface area contributed by atoms with Crippen molar-refractivity contribution in [2.24, 2.45) is 0 Å². The van der Waals surface area contributed by atoms with Gasteiger partial charge in [0.15, 0.2) is 5.65 Å². The van der Waals surface area contributed by atoms with Crippen LogP contribution in [-0.4, -0.2) is 27.1 Å². The molecule has 2 aromatic carbocycles. The second-order valence-electron chi connectivity index (χ2n) is 6.65. The number of imidazole rings is 1. The number of fused-ring (bicyclic) bond motifs is 1. The summed E-state index contributed by atoms with van der Waals surface area (Å²) in [5.74, 6) is 0.0223. The van der Waals surface area contributed by atoms with Crippen LogP contribution in [0, 0.1) is 5.82 Å². The van der Waals surface area contributed by atoms with Gasteiger partial charge in [-0.2, -0.15) is 0 Å². The monoisotopic (exact) mass is 406 g/mol. The minimum atomic E-state index is -0.421. The first-order valence-corrected chi connectivity index (χ1v) is 9.28. The van der Waals surface area contributed by atoms with Gasteiger partial charge in [-0.1, -0.05) is 12.1 Å². The summed E-state index contributed by atoms with van der Waals surface area (Å²) in [7, 11) is 1.59. The van der Waals surface area contributed by atoms with E-state index in [1.54, 1.807) is 25.4 Å². The highest BCUT2D eigenvalue weighted by Crippen LogP contribution is 2.16. The van der Waals surface area contributed by atoms with Gasteiger partial charge in [-0.3, -0.25) is 9.36 Å². The van der Waals surface area contributed by atoms with Gasteiger partial charge in [0.05, 0.1) is 18.3 Å². The van der Waals surface area contributed by atoms with Crippen molar-refractivity contribution in [1.82, 2.24) is 19.4 Å². The zero-order chi connectivity index (χ0) is 21.1. The molecule has 30 heavy (non-hydrogen) atoms. The van der Waals surface area contributed by atoms with Crippen LogP contribution < -0.4 is 15.7 Å². The number of benzene rings is 2. The zero-order valence-corrected chi connectivity index (χ0v) is 16.2. The Morgan fingerprint density at radius 3 is 2.53 bits per heavy atom. The van der Waals surface area contributed by atoms with Crippen LogP contribution in [0.5, 0.6) is 5.75 Å². The maximum Gasteiger partial charge on any atom is 0.335 e. The highest BCUT2D eigenvalue weighted by molar-refractivity contribution is 5.80. The molecule has 2 heterocycles. The molecule has 4 rings (SSSR count). The van der Waals surface area contributed by atoms with E-state index in [1.165, 1.54) is 33.4 Å². The van der Waals surface area contributed by atoms with Gasteiger partial charge in [0, 0.05) is 12.7 Å². The minimum absolute atomic E-state index is 0.161. The summed E-state index contributed by atoms with van der Waals surface area (Å²) >= 11 is 0. The van der Waals surface area contributed by atoms with Crippen molar-refractivity contribution in [1.29, 1.82) is 0 Å². The van der Waals surface area contributed by atoms with E-state index >= 15 is 0 Å². The maximum absolute atomic E-state index is 13.3. The third-order valence-electron chi connectivity index (χ3n) is 4.73. The van der Waals surface area contributed by atoms with Crippen molar-refractivity contribution in [2.45, 2.75) is 13.1 Å². The van der Waals surface area contributed by atoms with E-state index in [0.717, 1.165) is 11.3 Å². The Morgan fingerprint density at radius 1 is 1.10 bits per heavy atom. The molecule has 0 unspecified atom stereocenters. The lowest BCUT2D eigenvalue weighted by atomic mass is 10.2. The van der Waals surface area contributed by atoms with Gasteiger partial charge < -0.3 is 10.1 Å². The number of nitrogens with one attached hydrogen (secondary N) is 1. The number of amides is 1. The molecule has 0 radical (unpaired) electrons. The molecule has 0 saturated heterocycles. The van der Waals surface area contributed by atoms with Gasteiger partial charge in [-0.15, -0.1) is 0 Å². The Hall–Kier alpha value is -3.94. The Kier molecular flexibility index (Phi) is 5.30. The lowest BCUT2D eigenvalue weighted by molar-refractivity contribution is -0.121. The number of hydrogen-bond acceptors (Lipinski definition) is 4. The molecule has 0 atom stereocenters. The number of ether oxygens (including phenoxy) is 1. The SMILES string of the molecule is COc1ccc(CNC(=O)Cn2c(=O)n(-c3ccc(F)cc3)c3ncccc32)cc1. The van der Waals surface area contributed by atoms with Gasteiger partial charge in [-0.25, -0.2) is 18.7 Å². The van der Waals surface area contributed by atoms with Crippen LogP contribution in [-0.2, 0) is 17.9 Å². The number of nitrogens with zero attached hydrogens (tertiary/aromatic N) is 3. The first kappa shape index (κ1) is 19.4. The van der Waals surface area contributed by atoms with E-state index in [4.69, 9.17) is 4.74 Å². The fourth-order valence-corrected chi connectivity index (χ4v) is 3.21. The van der Waals surface area contributed by atoms with Gasteiger partial charge in [0.25, 0.3) is 0 Å². The molecule has 0 aliphatic heterocycles. The molecule has 152 valence electrons. The summed E-state index contributed by atoms with van der Waals surface area (Å²) in [5.41, 5.74) is 1.88. The number of rotatable bonds is 6. The average Bonchev–Trinajstić information content (AvgIpc) is 3.05. The van der Waals surface area contributed by atoms with E-state index in [1.807, 2.05) is 24.3 Å². The van der Waals surface area contributed by atoms with E-state index in [9.17, 15) is 14.0 Å². The molecular weight excluding hydrogens is 387 g/mol. The summed E-state index contributed by atoms with van der Waals surface area (Å²) in [5, 5.41) is 2.81. The first-order valence-electron chi connectivity index (χ1n) is 9.28. The predicted octanol–water partition coefficient (Wildman–Crippen LogP) is 2.65. The molecular formula is C22H19FN4O3. The molecule has 4 aromatic rings. The standard InChI is InChI=1S/C22H19FN4O3/c1-30-18-10-4-15(5-11-18)13-25-20(28)14-26-19-3-2-12-24-21(19)27(22(26)29)17-8-6-16(23)7-9-17/h2-12H,13-14H2,1H3,(H,25,28). The predicted molar refractivity (Wildman–Crippen MR) is 110 cm³/mol. The van der Waals surface area contributed by atoms with Crippen molar-refractivity contribution >= 4 is 17.1 Å². The van der Waals surface area contributed by atoms with E-state index in [2.05, 4.69) is 10.3 Å². The highest BCUT2D eigenvalue weighted by Gasteiger charge is 2.17. The second kappa shape index (κ2) is 8.20. The maximum atomic E-state index is 13.3. The van der Waals surface area contributed by atoms with E-state index in [-0.39, 0.29) is 12.5 Å². The van der Waals surface area contributed by atoms with Crippen LogP contribution >= 0.6 is 0 Å². The molecule has 2 aromatic heterocycles. The first-order chi connectivity index (χ1) is 14.6. The molecule has 0 spiro atoms. The number of carbonyl (C=O) groups is 1. The summed E-state index contributed by atoms with van der Waals surface area (Å²) in [6, 6.07) is 16.3. The lowest BCUT2D eigenvalue weighted by Crippen LogP contribution is -2.32. The molecule has 7 nitrogen and oxygen atoms in total. The Morgan fingerprint density at radius 2 is 1.83 bits per heavy atom. The molecule has 1 amide bonds. The van der Waals surface area contributed by atoms with Crippen molar-refractivity contribution in [3.63, 3.8) is 0 Å². The Bertz CT molecular complexity index is 1240. The molecule has 0 aliphatic carbocycles. The van der Waals surface area contributed by atoms with Crippen LogP contribution in [0.2, 0.25) is 0 Å². The Balaban J connectivity index is 1.59. The van der Waals surface area contributed by atoms with Gasteiger partial charge in [-0.05, 0) is 54.1 Å². The smallest absolute Gasteiger partial charge is 0.335 e. The summed E-state index contributed by atoms with van der Waals surface area (Å²) < 4.78 is 21.1. The van der Waals surface area contributed by atoms with E-state index in [0.29, 0.717) is 23.4 Å². The van der Waals surface area contributed by atoms with Crippen molar-refractivity contribution in [2.75, 3.05) is 7.11 Å². The largest absolute Gasteiger partial charge is 0.497 e. The normalized spacial score (nSPS) is 10.9. The number of methoxy groups -OCH3 is 1. The van der Waals surface area contributed by atoms with Crippen molar-refractivity contribution in [3.8, 4) is 11.4 Å². The van der Waals surface area contributed by atoms with Gasteiger partial charge in [0.2, 0.25) is 5.91 Å².